The van der Waals surface area contributed by atoms with Crippen LogP contribution in [0.5, 0.6) is 34.5 Å². The van der Waals surface area contributed by atoms with Gasteiger partial charge >= 0.3 is 11.4 Å². The zero-order valence-electron chi connectivity index (χ0n) is 33.3. The number of fused-ring (bicyclic) bond motifs is 6. The monoisotopic (exact) mass is 784 g/mol. The lowest BCUT2D eigenvalue weighted by molar-refractivity contribution is -0.384. The Hall–Kier alpha value is -4.45. The van der Waals surface area contributed by atoms with Crippen LogP contribution in [0.4, 0.5) is 11.4 Å². The summed E-state index contributed by atoms with van der Waals surface area (Å²) in [6.45, 7) is 13.8. The molecule has 0 saturated carbocycles. The zero-order chi connectivity index (χ0) is 39.9. The number of nitro groups is 2. The van der Waals surface area contributed by atoms with Crippen LogP contribution in [-0.2, 0) is 0 Å². The molecular formula is C42H57ClN2O10. The van der Waals surface area contributed by atoms with Gasteiger partial charge in [0, 0.05) is 21.5 Å². The van der Waals surface area contributed by atoms with E-state index in [4.69, 9.17) is 40.0 Å². The first-order valence-corrected chi connectivity index (χ1v) is 20.4. The molecule has 0 spiro atoms. The van der Waals surface area contributed by atoms with E-state index in [-0.39, 0.29) is 81.1 Å². The molecule has 4 rings (SSSR count). The molecule has 0 aliphatic rings. The SMILES string of the molecule is CCCCOc1cc2c(c(Cl)c1OCCCC)c1cc(OCCCC)c(OCCCC)c([N+](=O)[O-])c1c1cc(OCCCC)c(OCCCC)c([N+](=O)[O-])c21. The molecule has 0 bridgehead atoms. The van der Waals surface area contributed by atoms with Crippen LogP contribution in [0.3, 0.4) is 0 Å². The van der Waals surface area contributed by atoms with Crippen molar-refractivity contribution in [2.75, 3.05) is 39.6 Å². The van der Waals surface area contributed by atoms with Crippen molar-refractivity contribution in [3.63, 3.8) is 0 Å². The highest BCUT2D eigenvalue weighted by molar-refractivity contribution is 6.43. The minimum absolute atomic E-state index is 0.0443. The molecule has 4 aromatic carbocycles. The number of benzene rings is 4. The van der Waals surface area contributed by atoms with Crippen LogP contribution in [0.15, 0.2) is 18.2 Å². The molecule has 0 aliphatic carbocycles. The summed E-state index contributed by atoms with van der Waals surface area (Å²) >= 11 is 7.39. The van der Waals surface area contributed by atoms with Gasteiger partial charge in [-0.3, -0.25) is 20.2 Å². The maximum Gasteiger partial charge on any atom is 0.323 e. The van der Waals surface area contributed by atoms with Crippen LogP contribution in [0.25, 0.3) is 32.3 Å². The minimum atomic E-state index is -0.508. The number of hydrogen-bond acceptors (Lipinski definition) is 10. The van der Waals surface area contributed by atoms with Gasteiger partial charge in [-0.25, -0.2) is 0 Å². The summed E-state index contributed by atoms with van der Waals surface area (Å²) in [5.74, 6) is 0.808. The van der Waals surface area contributed by atoms with E-state index in [1.54, 1.807) is 18.2 Å². The highest BCUT2D eigenvalue weighted by Gasteiger charge is 2.35. The molecule has 0 atom stereocenters. The van der Waals surface area contributed by atoms with E-state index in [1.165, 1.54) is 0 Å². The summed E-state index contributed by atoms with van der Waals surface area (Å²) in [7, 11) is 0. The van der Waals surface area contributed by atoms with Gasteiger partial charge in [-0.15, -0.1) is 0 Å². The van der Waals surface area contributed by atoms with Gasteiger partial charge < -0.3 is 28.4 Å². The van der Waals surface area contributed by atoms with Crippen molar-refractivity contribution in [3.05, 3.63) is 43.5 Å². The summed E-state index contributed by atoms with van der Waals surface area (Å²) in [6.07, 6.45) is 9.17. The second-order valence-electron chi connectivity index (χ2n) is 13.6. The Balaban J connectivity index is 2.36. The third kappa shape index (κ3) is 10.1. The average molecular weight is 785 g/mol. The van der Waals surface area contributed by atoms with Crippen molar-refractivity contribution < 1.29 is 38.3 Å². The predicted molar refractivity (Wildman–Crippen MR) is 220 cm³/mol. The minimum Gasteiger partial charge on any atom is -0.490 e. The fourth-order valence-corrected chi connectivity index (χ4v) is 6.63. The molecule has 0 amide bonds. The molecule has 0 aliphatic heterocycles. The van der Waals surface area contributed by atoms with E-state index in [0.29, 0.717) is 67.4 Å². The van der Waals surface area contributed by atoms with E-state index in [9.17, 15) is 20.2 Å². The van der Waals surface area contributed by atoms with Gasteiger partial charge in [0.1, 0.15) is 0 Å². The van der Waals surface area contributed by atoms with Crippen LogP contribution in [0.2, 0.25) is 5.02 Å². The Morgan fingerprint density at radius 3 is 1.04 bits per heavy atom. The molecule has 0 heterocycles. The van der Waals surface area contributed by atoms with Crippen LogP contribution in [-0.4, -0.2) is 49.5 Å². The van der Waals surface area contributed by atoms with Crippen molar-refractivity contribution in [1.29, 1.82) is 0 Å². The maximum atomic E-state index is 13.4. The lowest BCUT2D eigenvalue weighted by Crippen LogP contribution is -2.08. The fraction of sp³-hybridized carbons (Fsp3) is 0.571. The molecule has 55 heavy (non-hydrogen) atoms. The fourth-order valence-electron chi connectivity index (χ4n) is 6.28. The molecule has 0 radical (unpaired) electrons. The molecule has 0 fully saturated rings. The van der Waals surface area contributed by atoms with E-state index >= 15 is 0 Å². The highest BCUT2D eigenvalue weighted by Crippen LogP contribution is 2.56. The average Bonchev–Trinajstić information content (AvgIpc) is 3.16. The van der Waals surface area contributed by atoms with Crippen LogP contribution in [0, 0.1) is 20.2 Å². The topological polar surface area (TPSA) is 142 Å². The van der Waals surface area contributed by atoms with Crippen molar-refractivity contribution in [2.45, 2.75) is 119 Å². The van der Waals surface area contributed by atoms with Gasteiger partial charge in [0.2, 0.25) is 11.5 Å². The van der Waals surface area contributed by atoms with Crippen LogP contribution in [0.1, 0.15) is 119 Å². The molecular weight excluding hydrogens is 728 g/mol. The molecule has 0 unspecified atom stereocenters. The summed E-state index contributed by atoms with van der Waals surface area (Å²) in [6, 6.07) is 5.03. The lowest BCUT2D eigenvalue weighted by Gasteiger charge is -2.22. The summed E-state index contributed by atoms with van der Waals surface area (Å²) in [5.41, 5.74) is -0.763. The quantitative estimate of drug-likeness (QED) is 0.0261. The second-order valence-corrected chi connectivity index (χ2v) is 14.0. The Morgan fingerprint density at radius 2 is 0.727 bits per heavy atom. The van der Waals surface area contributed by atoms with E-state index in [2.05, 4.69) is 0 Å². The van der Waals surface area contributed by atoms with Gasteiger partial charge in [0.05, 0.1) is 65.3 Å². The second kappa shape index (κ2) is 21.6. The Kier molecular flexibility index (Phi) is 17.0. The number of ether oxygens (including phenoxy) is 6. The van der Waals surface area contributed by atoms with Crippen molar-refractivity contribution >= 4 is 55.3 Å². The molecule has 302 valence electrons. The van der Waals surface area contributed by atoms with Crippen molar-refractivity contribution in [3.8, 4) is 34.5 Å². The number of halogens is 1. The maximum absolute atomic E-state index is 13.4. The van der Waals surface area contributed by atoms with Gasteiger partial charge in [-0.05, 0) is 56.7 Å². The lowest BCUT2D eigenvalue weighted by atomic mass is 9.90. The van der Waals surface area contributed by atoms with Gasteiger partial charge in [0.25, 0.3) is 0 Å². The Labute approximate surface area is 329 Å². The number of rotatable bonds is 26. The molecule has 4 aromatic rings. The van der Waals surface area contributed by atoms with Gasteiger partial charge in [0.15, 0.2) is 23.0 Å². The third-order valence-electron chi connectivity index (χ3n) is 9.30. The first kappa shape index (κ1) is 43.3. The van der Waals surface area contributed by atoms with Crippen LogP contribution >= 0.6 is 11.6 Å². The third-order valence-corrected chi connectivity index (χ3v) is 9.66. The number of unbranched alkanes of at least 4 members (excludes halogenated alkanes) is 6. The van der Waals surface area contributed by atoms with E-state index in [0.717, 1.165) is 51.4 Å². The first-order valence-electron chi connectivity index (χ1n) is 20.0. The highest BCUT2D eigenvalue weighted by atomic mass is 35.5. The number of hydrogen-bond donors (Lipinski definition) is 0. The van der Waals surface area contributed by atoms with E-state index < -0.39 is 9.85 Å². The van der Waals surface area contributed by atoms with Crippen molar-refractivity contribution in [1.82, 2.24) is 0 Å². The molecule has 12 nitrogen and oxygen atoms in total. The summed E-state index contributed by atoms with van der Waals surface area (Å²) in [5, 5.41) is 28.4. The first-order chi connectivity index (χ1) is 26.7. The standard InChI is InChI=1S/C42H57ClN2O10/c1-7-13-19-50-31-25-28-34(37(43)40(31)53-22-16-10-4)29-26-32(51-20-14-8-2)41(54-23-17-11-5)39(45(48)49)36(29)30-27-33(52-21-15-9-3)42(55-24-18-12-6)38(35(28)30)44(46)47/h25-27H,7-24H2,1-6H3. The van der Waals surface area contributed by atoms with Gasteiger partial charge in [-0.2, -0.15) is 0 Å². The Bertz CT molecular complexity index is 1860. The summed E-state index contributed by atoms with van der Waals surface area (Å²) in [4.78, 5) is 25.8. The van der Waals surface area contributed by atoms with E-state index in [1.807, 2.05) is 41.5 Å². The van der Waals surface area contributed by atoms with Crippen molar-refractivity contribution in [2.24, 2.45) is 0 Å². The Morgan fingerprint density at radius 1 is 0.455 bits per heavy atom. The molecule has 0 aromatic heterocycles. The predicted octanol–water partition coefficient (Wildman–Crippen LogP) is 12.7. The van der Waals surface area contributed by atoms with Gasteiger partial charge in [-0.1, -0.05) is 91.7 Å². The largest absolute Gasteiger partial charge is 0.490 e. The normalized spacial score (nSPS) is 11.3. The summed E-state index contributed by atoms with van der Waals surface area (Å²) < 4.78 is 37.5. The molecule has 0 saturated heterocycles. The molecule has 0 N–H and O–H groups in total. The zero-order valence-corrected chi connectivity index (χ0v) is 34.1. The number of nitrogens with zero attached hydrogens (tertiary/aromatic N) is 2. The number of nitro benzene ring substituents is 2. The van der Waals surface area contributed by atoms with Crippen LogP contribution < -0.4 is 28.4 Å². The molecule has 13 heteroatoms. The smallest absolute Gasteiger partial charge is 0.323 e.